The Balaban J connectivity index is 1.61. The van der Waals surface area contributed by atoms with Gasteiger partial charge in [-0.15, -0.1) is 0 Å². The number of Topliss-reactive ketones (excluding diaryl/α,β-unsaturated/α-hetero) is 1. The SMILES string of the molecule is COc1ccc(OCc2cc(C)cc(C3C(C#N)=C(N)N(c4ccccc4F)C4=C3C(=O)CCC4)c2C)cc1. The quantitative estimate of drug-likeness (QED) is 0.406. The number of carbonyl (C=O) groups excluding carboxylic acids is 1. The van der Waals surface area contributed by atoms with Crippen LogP contribution >= 0.6 is 0 Å². The molecular weight excluding hydrogens is 493 g/mol. The lowest BCUT2D eigenvalue weighted by molar-refractivity contribution is -0.116. The second-order valence-corrected chi connectivity index (χ2v) is 9.87. The van der Waals surface area contributed by atoms with Gasteiger partial charge >= 0.3 is 0 Å². The number of anilines is 1. The van der Waals surface area contributed by atoms with Crippen LogP contribution in [0.5, 0.6) is 11.5 Å². The van der Waals surface area contributed by atoms with Gasteiger partial charge in [-0.1, -0.05) is 29.8 Å². The van der Waals surface area contributed by atoms with Gasteiger partial charge in [0.15, 0.2) is 5.78 Å². The van der Waals surface area contributed by atoms with Crippen LogP contribution in [0, 0.1) is 31.0 Å². The lowest BCUT2D eigenvalue weighted by Gasteiger charge is -2.40. The molecule has 3 aromatic rings. The van der Waals surface area contributed by atoms with Crippen LogP contribution in [0.3, 0.4) is 0 Å². The number of hydrogen-bond acceptors (Lipinski definition) is 6. The van der Waals surface area contributed by atoms with E-state index in [0.29, 0.717) is 42.9 Å². The Bertz CT molecular complexity index is 1550. The molecule has 7 heteroatoms. The third kappa shape index (κ3) is 4.74. The Morgan fingerprint density at radius 1 is 1.08 bits per heavy atom. The van der Waals surface area contributed by atoms with Crippen LogP contribution in [-0.4, -0.2) is 12.9 Å². The van der Waals surface area contributed by atoms with Crippen molar-refractivity contribution in [1.29, 1.82) is 5.26 Å². The fourth-order valence-electron chi connectivity index (χ4n) is 5.55. The monoisotopic (exact) mass is 523 g/mol. The zero-order chi connectivity index (χ0) is 27.7. The molecule has 0 bridgehead atoms. The standard InChI is InChI=1S/C32H30FN3O3/c1-19-15-21(18-39-23-13-11-22(38-3)12-14-23)20(2)24(16-19)30-25(17-34)32(35)36(27-8-5-4-7-26(27)33)28-9-6-10-29(37)31(28)30/h4-5,7-8,11-16,30H,6,9-10,18,35H2,1-3H3. The average Bonchev–Trinajstić information content (AvgIpc) is 2.94. The number of hydrogen-bond donors (Lipinski definition) is 1. The van der Waals surface area contributed by atoms with Crippen LogP contribution in [0.25, 0.3) is 0 Å². The first-order valence-electron chi connectivity index (χ1n) is 12.9. The summed E-state index contributed by atoms with van der Waals surface area (Å²) in [7, 11) is 1.61. The van der Waals surface area contributed by atoms with Crippen LogP contribution < -0.4 is 20.1 Å². The summed E-state index contributed by atoms with van der Waals surface area (Å²) in [6, 6.07) is 20.0. The van der Waals surface area contributed by atoms with Gasteiger partial charge in [0.25, 0.3) is 0 Å². The molecule has 1 aliphatic heterocycles. The molecule has 0 amide bonds. The molecule has 0 spiro atoms. The third-order valence-electron chi connectivity index (χ3n) is 7.47. The molecule has 198 valence electrons. The number of carbonyl (C=O) groups is 1. The molecule has 1 heterocycles. The van der Waals surface area contributed by atoms with Crippen LogP contribution in [-0.2, 0) is 11.4 Å². The molecule has 2 aliphatic rings. The number of para-hydroxylation sites is 1. The maximum Gasteiger partial charge on any atom is 0.161 e. The van der Waals surface area contributed by atoms with E-state index in [1.807, 2.05) is 50.2 Å². The zero-order valence-corrected chi connectivity index (χ0v) is 22.3. The molecule has 2 N–H and O–H groups in total. The van der Waals surface area contributed by atoms with Gasteiger partial charge in [-0.05, 0) is 79.8 Å². The Labute approximate surface area is 227 Å². The van der Waals surface area contributed by atoms with Crippen molar-refractivity contribution >= 4 is 11.5 Å². The normalized spacial score (nSPS) is 17.2. The minimum atomic E-state index is -0.638. The highest BCUT2D eigenvalue weighted by molar-refractivity contribution is 6.01. The average molecular weight is 524 g/mol. The molecule has 0 radical (unpaired) electrons. The number of rotatable bonds is 6. The Morgan fingerprint density at radius 3 is 2.49 bits per heavy atom. The summed E-state index contributed by atoms with van der Waals surface area (Å²) in [6.45, 7) is 4.26. The maximum absolute atomic E-state index is 15.0. The number of allylic oxidation sites excluding steroid dienone is 3. The van der Waals surface area contributed by atoms with Crippen molar-refractivity contribution in [2.24, 2.45) is 5.73 Å². The molecule has 3 aromatic carbocycles. The second-order valence-electron chi connectivity index (χ2n) is 9.87. The second kappa shape index (κ2) is 10.7. The van der Waals surface area contributed by atoms with Gasteiger partial charge in [0.05, 0.1) is 30.4 Å². The van der Waals surface area contributed by atoms with E-state index < -0.39 is 11.7 Å². The largest absolute Gasteiger partial charge is 0.497 e. The summed E-state index contributed by atoms with van der Waals surface area (Å²) >= 11 is 0. The molecule has 5 rings (SSSR count). The number of nitrogens with two attached hydrogens (primary N) is 1. The first-order valence-corrected chi connectivity index (χ1v) is 12.9. The smallest absolute Gasteiger partial charge is 0.161 e. The van der Waals surface area contributed by atoms with Gasteiger partial charge in [0.1, 0.15) is 29.7 Å². The predicted molar refractivity (Wildman–Crippen MR) is 148 cm³/mol. The summed E-state index contributed by atoms with van der Waals surface area (Å²) in [5, 5.41) is 10.4. The minimum absolute atomic E-state index is 0.0419. The topological polar surface area (TPSA) is 88.6 Å². The zero-order valence-electron chi connectivity index (χ0n) is 22.3. The van der Waals surface area contributed by atoms with Crippen molar-refractivity contribution in [3.63, 3.8) is 0 Å². The van der Waals surface area contributed by atoms with E-state index in [-0.39, 0.29) is 22.9 Å². The van der Waals surface area contributed by atoms with Gasteiger partial charge in [0, 0.05) is 17.7 Å². The number of halogens is 1. The predicted octanol–water partition coefficient (Wildman–Crippen LogP) is 6.33. The van der Waals surface area contributed by atoms with E-state index in [4.69, 9.17) is 15.2 Å². The van der Waals surface area contributed by atoms with Crippen molar-refractivity contribution in [2.45, 2.75) is 45.6 Å². The van der Waals surface area contributed by atoms with Crippen molar-refractivity contribution in [2.75, 3.05) is 12.0 Å². The summed E-state index contributed by atoms with van der Waals surface area (Å²) in [6.07, 6.45) is 1.57. The molecular formula is C32H30FN3O3. The maximum atomic E-state index is 15.0. The molecule has 1 aliphatic carbocycles. The fourth-order valence-corrected chi connectivity index (χ4v) is 5.55. The van der Waals surface area contributed by atoms with Crippen LogP contribution in [0.1, 0.15) is 47.4 Å². The minimum Gasteiger partial charge on any atom is -0.497 e. The molecule has 1 unspecified atom stereocenters. The molecule has 0 saturated heterocycles. The number of methoxy groups -OCH3 is 1. The van der Waals surface area contributed by atoms with Gasteiger partial charge < -0.3 is 15.2 Å². The highest BCUT2D eigenvalue weighted by Gasteiger charge is 2.41. The van der Waals surface area contributed by atoms with Gasteiger partial charge in [-0.25, -0.2) is 4.39 Å². The van der Waals surface area contributed by atoms with E-state index in [0.717, 1.165) is 28.0 Å². The number of nitrogens with zero attached hydrogens (tertiary/aromatic N) is 2. The van der Waals surface area contributed by atoms with E-state index in [1.54, 1.807) is 30.2 Å². The van der Waals surface area contributed by atoms with Gasteiger partial charge in [0.2, 0.25) is 0 Å². The summed E-state index contributed by atoms with van der Waals surface area (Å²) < 4.78 is 26.3. The number of nitriles is 1. The van der Waals surface area contributed by atoms with Crippen LogP contribution in [0.2, 0.25) is 0 Å². The molecule has 6 nitrogen and oxygen atoms in total. The van der Waals surface area contributed by atoms with E-state index >= 15 is 0 Å². The van der Waals surface area contributed by atoms with Crippen molar-refractivity contribution in [3.8, 4) is 17.6 Å². The van der Waals surface area contributed by atoms with Crippen LogP contribution in [0.4, 0.5) is 10.1 Å². The van der Waals surface area contributed by atoms with Crippen molar-refractivity contribution in [3.05, 3.63) is 111 Å². The number of ether oxygens (including phenoxy) is 2. The first-order chi connectivity index (χ1) is 18.8. The number of aryl methyl sites for hydroxylation is 1. The van der Waals surface area contributed by atoms with E-state index in [9.17, 15) is 14.4 Å². The van der Waals surface area contributed by atoms with Crippen molar-refractivity contribution < 1.29 is 18.7 Å². The Hall–Kier alpha value is -4.57. The summed E-state index contributed by atoms with van der Waals surface area (Å²) in [5.74, 6) is 0.447. The van der Waals surface area contributed by atoms with Gasteiger partial charge in [-0.2, -0.15) is 5.26 Å². The number of ketones is 1. The summed E-state index contributed by atoms with van der Waals surface area (Å²) in [5.41, 5.74) is 12.0. The highest BCUT2D eigenvalue weighted by atomic mass is 19.1. The van der Waals surface area contributed by atoms with E-state index in [2.05, 4.69) is 6.07 Å². The lowest BCUT2D eigenvalue weighted by atomic mass is 9.73. The number of benzene rings is 3. The van der Waals surface area contributed by atoms with Gasteiger partial charge in [-0.3, -0.25) is 9.69 Å². The van der Waals surface area contributed by atoms with Crippen molar-refractivity contribution in [1.82, 2.24) is 0 Å². The van der Waals surface area contributed by atoms with Crippen LogP contribution in [0.15, 0.2) is 83.3 Å². The highest BCUT2D eigenvalue weighted by Crippen LogP contribution is 2.47. The fraction of sp³-hybridized carbons (Fsp3) is 0.250. The molecule has 0 saturated carbocycles. The molecule has 0 fully saturated rings. The first kappa shape index (κ1) is 26.1. The molecule has 0 aromatic heterocycles. The summed E-state index contributed by atoms with van der Waals surface area (Å²) in [4.78, 5) is 15.1. The molecule has 1 atom stereocenters. The third-order valence-corrected chi connectivity index (χ3v) is 7.47. The lowest BCUT2D eigenvalue weighted by Crippen LogP contribution is -2.39. The Morgan fingerprint density at radius 2 is 1.79 bits per heavy atom. The Kier molecular flexibility index (Phi) is 7.12. The molecule has 39 heavy (non-hydrogen) atoms. The van der Waals surface area contributed by atoms with E-state index in [1.165, 1.54) is 6.07 Å².